The van der Waals surface area contributed by atoms with Crippen LogP contribution in [0.5, 0.6) is 5.75 Å². The number of carbonyl (C=O) groups excluding carboxylic acids is 1. The Morgan fingerprint density at radius 3 is 2.53 bits per heavy atom. The van der Waals surface area contributed by atoms with Gasteiger partial charge in [0.25, 0.3) is 5.56 Å². The van der Waals surface area contributed by atoms with Crippen LogP contribution in [-0.4, -0.2) is 28.3 Å². The molecular weight excluding hydrogens is 554 g/mol. The molecule has 6 nitrogen and oxygen atoms in total. The molecule has 1 N–H and O–H groups in total. The predicted octanol–water partition coefficient (Wildman–Crippen LogP) is 7.55. The summed E-state index contributed by atoms with van der Waals surface area (Å²) in [7, 11) is 1.61. The smallest absolute Gasteiger partial charge is 0.263 e. The van der Waals surface area contributed by atoms with Gasteiger partial charge in [0.15, 0.2) is 5.16 Å². The number of nitrogens with zero attached hydrogens (tertiary/aromatic N) is 2. The monoisotopic (exact) mass is 587 g/mol. The SMILES string of the molecule is COc1ccccc1-n1c(SCC(=O)Nc2cccc3ccccc23)nc2c(c1=O)C1(CCCCC1)Cc1ccccc1-2. The summed E-state index contributed by atoms with van der Waals surface area (Å²) >= 11 is 1.27. The molecule has 0 unspecified atom stereocenters. The minimum Gasteiger partial charge on any atom is -0.495 e. The van der Waals surface area contributed by atoms with Crippen LogP contribution in [-0.2, 0) is 16.6 Å². The quantitative estimate of drug-likeness (QED) is 0.164. The normalized spacial score (nSPS) is 15.1. The number of ether oxygens (including phenoxy) is 1. The first-order valence-electron chi connectivity index (χ1n) is 14.9. The lowest BCUT2D eigenvalue weighted by atomic mass is 9.62. The fourth-order valence-corrected chi connectivity index (χ4v) is 7.76. The molecule has 43 heavy (non-hydrogen) atoms. The van der Waals surface area contributed by atoms with Crippen molar-refractivity contribution in [2.45, 2.75) is 49.1 Å². The Kier molecular flexibility index (Phi) is 7.27. The van der Waals surface area contributed by atoms with Crippen molar-refractivity contribution in [3.63, 3.8) is 0 Å². The lowest BCUT2D eigenvalue weighted by molar-refractivity contribution is -0.113. The van der Waals surface area contributed by atoms with E-state index in [-0.39, 0.29) is 22.6 Å². The van der Waals surface area contributed by atoms with E-state index in [1.54, 1.807) is 11.7 Å². The molecule has 5 aromatic rings. The predicted molar refractivity (Wildman–Crippen MR) is 174 cm³/mol. The number of aromatic nitrogens is 2. The molecule has 1 saturated carbocycles. The second-order valence-electron chi connectivity index (χ2n) is 11.5. The molecule has 1 heterocycles. The molecule has 0 saturated heterocycles. The Morgan fingerprint density at radius 1 is 0.930 bits per heavy atom. The van der Waals surface area contributed by atoms with Gasteiger partial charge in [0.1, 0.15) is 5.75 Å². The average Bonchev–Trinajstić information content (AvgIpc) is 3.04. The Morgan fingerprint density at radius 2 is 1.67 bits per heavy atom. The molecule has 216 valence electrons. The Bertz CT molecular complexity index is 1900. The van der Waals surface area contributed by atoms with Gasteiger partial charge in [0.05, 0.1) is 29.8 Å². The van der Waals surface area contributed by atoms with Crippen molar-refractivity contribution in [3.8, 4) is 22.7 Å². The molecule has 1 aromatic heterocycles. The van der Waals surface area contributed by atoms with E-state index in [0.717, 1.165) is 65.4 Å². The van der Waals surface area contributed by atoms with E-state index in [9.17, 15) is 9.59 Å². The summed E-state index contributed by atoms with van der Waals surface area (Å²) in [6, 6.07) is 29.7. The number of fused-ring (bicyclic) bond motifs is 5. The van der Waals surface area contributed by atoms with Crippen LogP contribution in [0.1, 0.15) is 43.2 Å². The van der Waals surface area contributed by atoms with Gasteiger partial charge in [-0.25, -0.2) is 4.98 Å². The molecule has 2 aliphatic carbocycles. The number of amides is 1. The van der Waals surface area contributed by atoms with Gasteiger partial charge in [-0.1, -0.05) is 104 Å². The lowest BCUT2D eigenvalue weighted by Gasteiger charge is -2.42. The second kappa shape index (κ2) is 11.4. The number of hydrogen-bond donors (Lipinski definition) is 1. The highest BCUT2D eigenvalue weighted by Gasteiger charge is 2.43. The summed E-state index contributed by atoms with van der Waals surface area (Å²) in [6.45, 7) is 0. The van der Waals surface area contributed by atoms with Crippen molar-refractivity contribution < 1.29 is 9.53 Å². The van der Waals surface area contributed by atoms with E-state index >= 15 is 0 Å². The number of benzene rings is 4. The van der Waals surface area contributed by atoms with E-state index in [0.29, 0.717) is 16.6 Å². The minimum absolute atomic E-state index is 0.0668. The van der Waals surface area contributed by atoms with Gasteiger partial charge < -0.3 is 10.1 Å². The minimum atomic E-state index is -0.245. The molecule has 2 aliphatic rings. The highest BCUT2D eigenvalue weighted by Crippen LogP contribution is 2.49. The average molecular weight is 588 g/mol. The fourth-order valence-electron chi connectivity index (χ4n) is 6.96. The number of rotatable bonds is 6. The third-order valence-corrected chi connectivity index (χ3v) is 9.86. The summed E-state index contributed by atoms with van der Waals surface area (Å²) in [5.41, 5.74) is 4.90. The number of carbonyl (C=O) groups is 1. The van der Waals surface area contributed by atoms with Gasteiger partial charge in [-0.2, -0.15) is 0 Å². The maximum Gasteiger partial charge on any atom is 0.263 e. The molecule has 7 rings (SSSR count). The highest BCUT2D eigenvalue weighted by molar-refractivity contribution is 7.99. The van der Waals surface area contributed by atoms with Gasteiger partial charge in [0.2, 0.25) is 5.91 Å². The number of para-hydroxylation sites is 2. The molecule has 0 bridgehead atoms. The Balaban J connectivity index is 1.34. The number of nitrogens with one attached hydrogen (secondary N) is 1. The topological polar surface area (TPSA) is 73.2 Å². The van der Waals surface area contributed by atoms with Crippen molar-refractivity contribution in [3.05, 3.63) is 112 Å². The molecular formula is C36H33N3O3S. The summed E-state index contributed by atoms with van der Waals surface area (Å²) in [5.74, 6) is 0.516. The summed E-state index contributed by atoms with van der Waals surface area (Å²) in [5, 5.41) is 5.59. The zero-order valence-electron chi connectivity index (χ0n) is 24.1. The number of hydrogen-bond acceptors (Lipinski definition) is 5. The van der Waals surface area contributed by atoms with Crippen molar-refractivity contribution in [1.82, 2.24) is 9.55 Å². The van der Waals surface area contributed by atoms with Crippen molar-refractivity contribution in [2.75, 3.05) is 18.2 Å². The number of thioether (sulfide) groups is 1. The van der Waals surface area contributed by atoms with E-state index in [4.69, 9.17) is 9.72 Å². The zero-order chi connectivity index (χ0) is 29.4. The van der Waals surface area contributed by atoms with Crippen LogP contribution in [0.3, 0.4) is 0 Å². The van der Waals surface area contributed by atoms with Gasteiger partial charge in [-0.05, 0) is 48.4 Å². The standard InChI is InChI=1S/C36H33N3O3S/c1-42-30-19-8-7-18-29(30)39-34(41)32-33(27-16-6-4-13-25(27)22-36(32)20-9-2-10-21-36)38-35(39)43-23-31(40)37-28-17-11-14-24-12-3-5-15-26(24)28/h3-8,11-19H,2,9-10,20-23H2,1H3,(H,37,40). The maximum atomic E-state index is 14.8. The zero-order valence-corrected chi connectivity index (χ0v) is 25.0. The number of methoxy groups -OCH3 is 1. The molecule has 1 spiro atoms. The van der Waals surface area contributed by atoms with Crippen molar-refractivity contribution in [1.29, 1.82) is 0 Å². The molecule has 7 heteroatoms. The lowest BCUT2D eigenvalue weighted by Crippen LogP contribution is -2.43. The Labute approximate surface area is 255 Å². The van der Waals surface area contributed by atoms with Crippen molar-refractivity contribution >= 4 is 34.1 Å². The van der Waals surface area contributed by atoms with Gasteiger partial charge in [-0.3, -0.25) is 14.2 Å². The van der Waals surface area contributed by atoms with Crippen LogP contribution in [0.15, 0.2) is 101 Å². The summed E-state index contributed by atoms with van der Waals surface area (Å²) in [6.07, 6.45) is 6.17. The van der Waals surface area contributed by atoms with E-state index in [2.05, 4.69) is 23.5 Å². The first-order valence-corrected chi connectivity index (χ1v) is 15.9. The second-order valence-corrected chi connectivity index (χ2v) is 12.4. The van der Waals surface area contributed by atoms with Crippen LogP contribution in [0.4, 0.5) is 5.69 Å². The van der Waals surface area contributed by atoms with E-state index in [1.807, 2.05) is 72.8 Å². The van der Waals surface area contributed by atoms with Crippen molar-refractivity contribution in [2.24, 2.45) is 0 Å². The van der Waals surface area contributed by atoms with Crippen LogP contribution < -0.4 is 15.6 Å². The van der Waals surface area contributed by atoms with Gasteiger partial charge >= 0.3 is 0 Å². The molecule has 1 amide bonds. The third-order valence-electron chi connectivity index (χ3n) is 8.92. The first-order chi connectivity index (χ1) is 21.1. The number of anilines is 1. The first kappa shape index (κ1) is 27.5. The molecule has 4 aromatic carbocycles. The molecule has 0 aliphatic heterocycles. The van der Waals surface area contributed by atoms with Crippen LogP contribution in [0.25, 0.3) is 27.7 Å². The third kappa shape index (κ3) is 4.91. The fraction of sp³-hybridized carbons (Fsp3) is 0.250. The highest BCUT2D eigenvalue weighted by atomic mass is 32.2. The molecule has 0 atom stereocenters. The van der Waals surface area contributed by atoms with E-state index < -0.39 is 0 Å². The largest absolute Gasteiger partial charge is 0.495 e. The van der Waals surface area contributed by atoms with E-state index in [1.165, 1.54) is 23.7 Å². The van der Waals surface area contributed by atoms with Crippen LogP contribution in [0.2, 0.25) is 0 Å². The van der Waals surface area contributed by atoms with Crippen LogP contribution >= 0.6 is 11.8 Å². The molecule has 1 fully saturated rings. The Hall–Kier alpha value is -4.36. The maximum absolute atomic E-state index is 14.8. The summed E-state index contributed by atoms with van der Waals surface area (Å²) in [4.78, 5) is 33.4. The van der Waals surface area contributed by atoms with Crippen LogP contribution in [0, 0.1) is 0 Å². The van der Waals surface area contributed by atoms with Gasteiger partial charge in [-0.15, -0.1) is 0 Å². The molecule has 0 radical (unpaired) electrons. The summed E-state index contributed by atoms with van der Waals surface area (Å²) < 4.78 is 7.39. The van der Waals surface area contributed by atoms with Gasteiger partial charge in [0, 0.05) is 22.1 Å².